The average Bonchev–Trinajstić information content (AvgIpc) is 2.68. The maximum Gasteiger partial charge on any atom is 0.132 e. The minimum atomic E-state index is 0.685. The third-order valence-electron chi connectivity index (χ3n) is 6.50. The molecule has 0 saturated carbocycles. The van der Waals surface area contributed by atoms with Crippen molar-refractivity contribution in [2.45, 2.75) is 116 Å². The van der Waals surface area contributed by atoms with Crippen molar-refractivity contribution in [2.75, 3.05) is 14.1 Å². The molecule has 0 aliphatic rings. The van der Waals surface area contributed by atoms with Crippen LogP contribution in [0.15, 0.2) is 30.3 Å². The number of nitrogens with zero attached hydrogens (tertiary/aromatic N) is 1. The van der Waals surface area contributed by atoms with Crippen molar-refractivity contribution in [3.05, 3.63) is 30.3 Å². The molecule has 1 atom stereocenters. The van der Waals surface area contributed by atoms with Crippen LogP contribution < -0.4 is 4.48 Å². The zero-order valence-corrected chi connectivity index (χ0v) is 19.0. The molecule has 1 aromatic rings. The Bertz CT molecular complexity index is 437. The molecule has 0 bridgehead atoms. The van der Waals surface area contributed by atoms with Crippen LogP contribution >= 0.6 is 0 Å². The molecule has 27 heavy (non-hydrogen) atoms. The van der Waals surface area contributed by atoms with Crippen molar-refractivity contribution < 1.29 is 0 Å². The molecular formula is C26H48N+. The first kappa shape index (κ1) is 24.2. The highest BCUT2D eigenvalue weighted by Crippen LogP contribution is 2.24. The Labute approximate surface area is 171 Å². The van der Waals surface area contributed by atoms with Crippen LogP contribution in [0.25, 0.3) is 0 Å². The van der Waals surface area contributed by atoms with E-state index in [1.807, 2.05) is 0 Å². The quantitative estimate of drug-likeness (QED) is 0.189. The zero-order chi connectivity index (χ0) is 19.8. The molecule has 0 saturated heterocycles. The number of unbranched alkanes of at least 4 members (excludes halogenated alkanes) is 13. The van der Waals surface area contributed by atoms with Crippen molar-refractivity contribution in [3.63, 3.8) is 0 Å². The molecule has 1 nitrogen and oxygen atoms in total. The minimum absolute atomic E-state index is 0.685. The van der Waals surface area contributed by atoms with Crippen molar-refractivity contribution >= 4 is 5.69 Å². The van der Waals surface area contributed by atoms with Crippen molar-refractivity contribution in [3.8, 4) is 0 Å². The summed E-state index contributed by atoms with van der Waals surface area (Å²) >= 11 is 0. The lowest BCUT2D eigenvalue weighted by molar-refractivity contribution is 0.288. The van der Waals surface area contributed by atoms with Gasteiger partial charge in [0.1, 0.15) is 5.69 Å². The number of para-hydroxylation sites is 1. The van der Waals surface area contributed by atoms with Gasteiger partial charge in [-0.2, -0.15) is 0 Å². The second-order valence-corrected chi connectivity index (χ2v) is 9.11. The van der Waals surface area contributed by atoms with E-state index in [1.54, 1.807) is 0 Å². The molecule has 0 amide bonds. The van der Waals surface area contributed by atoms with Gasteiger partial charge in [-0.05, 0) is 31.9 Å². The highest BCUT2D eigenvalue weighted by atomic mass is 15.3. The average molecular weight is 375 g/mol. The van der Waals surface area contributed by atoms with Crippen molar-refractivity contribution in [2.24, 2.45) is 0 Å². The Hall–Kier alpha value is -0.820. The fourth-order valence-electron chi connectivity index (χ4n) is 4.02. The highest BCUT2D eigenvalue weighted by Gasteiger charge is 2.25. The number of rotatable bonds is 17. The zero-order valence-electron chi connectivity index (χ0n) is 19.0. The fourth-order valence-corrected chi connectivity index (χ4v) is 4.02. The normalized spacial score (nSPS) is 13.0. The Kier molecular flexibility index (Phi) is 13.6. The maximum atomic E-state index is 2.41. The van der Waals surface area contributed by atoms with E-state index in [9.17, 15) is 0 Å². The molecule has 0 aliphatic heterocycles. The Morgan fingerprint density at radius 3 is 1.48 bits per heavy atom. The van der Waals surface area contributed by atoms with Gasteiger partial charge in [0.2, 0.25) is 0 Å². The van der Waals surface area contributed by atoms with E-state index < -0.39 is 0 Å². The highest BCUT2D eigenvalue weighted by molar-refractivity contribution is 5.41. The molecular weight excluding hydrogens is 326 g/mol. The molecule has 0 aliphatic carbocycles. The van der Waals surface area contributed by atoms with E-state index >= 15 is 0 Å². The van der Waals surface area contributed by atoms with Crippen LogP contribution in [0.5, 0.6) is 0 Å². The monoisotopic (exact) mass is 374 g/mol. The van der Waals surface area contributed by atoms with Gasteiger partial charge in [-0.25, -0.2) is 0 Å². The first-order chi connectivity index (χ1) is 13.1. The Morgan fingerprint density at radius 1 is 0.630 bits per heavy atom. The molecule has 1 aromatic carbocycles. The van der Waals surface area contributed by atoms with Crippen LogP contribution in [0.1, 0.15) is 110 Å². The van der Waals surface area contributed by atoms with Crippen LogP contribution in [0.3, 0.4) is 0 Å². The van der Waals surface area contributed by atoms with Crippen LogP contribution in [0, 0.1) is 0 Å². The summed E-state index contributed by atoms with van der Waals surface area (Å²) in [5.74, 6) is 0. The van der Waals surface area contributed by atoms with Crippen LogP contribution in [0.4, 0.5) is 5.69 Å². The van der Waals surface area contributed by atoms with E-state index in [4.69, 9.17) is 0 Å². The van der Waals surface area contributed by atoms with Crippen LogP contribution in [-0.2, 0) is 0 Å². The molecule has 1 unspecified atom stereocenters. The van der Waals surface area contributed by atoms with E-state index in [-0.39, 0.29) is 0 Å². The van der Waals surface area contributed by atoms with Gasteiger partial charge in [-0.3, -0.25) is 4.48 Å². The molecule has 1 rings (SSSR count). The van der Waals surface area contributed by atoms with Gasteiger partial charge in [0.25, 0.3) is 0 Å². The third kappa shape index (κ3) is 10.9. The number of hydrogen-bond donors (Lipinski definition) is 0. The summed E-state index contributed by atoms with van der Waals surface area (Å²) in [6, 6.07) is 11.7. The van der Waals surface area contributed by atoms with E-state index in [2.05, 4.69) is 58.3 Å². The SMILES string of the molecule is CCCCCCCCCCCCCCCCC(C)[N+](C)(C)c1ccccc1. The van der Waals surface area contributed by atoms with Gasteiger partial charge in [-0.15, -0.1) is 0 Å². The number of benzene rings is 1. The third-order valence-corrected chi connectivity index (χ3v) is 6.50. The summed E-state index contributed by atoms with van der Waals surface area (Å²) < 4.78 is 0.999. The molecule has 0 spiro atoms. The van der Waals surface area contributed by atoms with Gasteiger partial charge < -0.3 is 0 Å². The first-order valence-corrected chi connectivity index (χ1v) is 12.0. The Balaban J connectivity index is 1.94. The molecule has 0 N–H and O–H groups in total. The molecule has 0 radical (unpaired) electrons. The summed E-state index contributed by atoms with van der Waals surface area (Å²) in [6.45, 7) is 4.71. The fraction of sp³-hybridized carbons (Fsp3) is 0.769. The van der Waals surface area contributed by atoms with Gasteiger partial charge in [0.05, 0.1) is 20.1 Å². The largest absolute Gasteiger partial charge is 0.294 e. The van der Waals surface area contributed by atoms with E-state index in [1.165, 1.54) is 102 Å². The first-order valence-electron chi connectivity index (χ1n) is 12.0. The van der Waals surface area contributed by atoms with Crippen molar-refractivity contribution in [1.82, 2.24) is 4.48 Å². The van der Waals surface area contributed by atoms with Gasteiger partial charge in [0.15, 0.2) is 0 Å². The van der Waals surface area contributed by atoms with E-state index in [0.717, 1.165) is 4.48 Å². The topological polar surface area (TPSA) is 0 Å². The molecule has 1 heteroatoms. The second-order valence-electron chi connectivity index (χ2n) is 9.11. The lowest BCUT2D eigenvalue weighted by Crippen LogP contribution is -2.48. The standard InChI is InChI=1S/C26H48N/c1-5-6-7-8-9-10-11-12-13-14-15-16-17-19-22-25(2)27(3,4)26-23-20-18-21-24-26/h18,20-21,23-25H,5-17,19,22H2,1-4H3/q+1. The Morgan fingerprint density at radius 2 is 1.04 bits per heavy atom. The molecule has 156 valence electrons. The molecule has 0 heterocycles. The maximum absolute atomic E-state index is 2.41. The lowest BCUT2D eigenvalue weighted by atomic mass is 10.0. The number of quaternary nitrogens is 1. The van der Waals surface area contributed by atoms with Crippen molar-refractivity contribution in [1.29, 1.82) is 0 Å². The summed E-state index contributed by atoms with van der Waals surface area (Å²) in [5.41, 5.74) is 1.43. The lowest BCUT2D eigenvalue weighted by Gasteiger charge is -2.35. The van der Waals surface area contributed by atoms with Gasteiger partial charge >= 0.3 is 0 Å². The number of hydrogen-bond acceptors (Lipinski definition) is 0. The summed E-state index contributed by atoms with van der Waals surface area (Å²) in [4.78, 5) is 0. The smallest absolute Gasteiger partial charge is 0.132 e. The predicted octanol–water partition coefficient (Wildman–Crippen LogP) is 8.51. The van der Waals surface area contributed by atoms with Crippen LogP contribution in [-0.4, -0.2) is 20.1 Å². The van der Waals surface area contributed by atoms with Crippen LogP contribution in [0.2, 0.25) is 0 Å². The molecule has 0 aromatic heterocycles. The summed E-state index contributed by atoms with van der Waals surface area (Å²) in [7, 11) is 4.70. The van der Waals surface area contributed by atoms with Gasteiger partial charge in [-0.1, -0.05) is 109 Å². The molecule has 0 fully saturated rings. The van der Waals surface area contributed by atoms with E-state index in [0.29, 0.717) is 6.04 Å². The second kappa shape index (κ2) is 15.1. The predicted molar refractivity (Wildman–Crippen MR) is 124 cm³/mol. The summed E-state index contributed by atoms with van der Waals surface area (Å²) in [6.07, 6.45) is 21.5. The van der Waals surface area contributed by atoms with Gasteiger partial charge in [0, 0.05) is 0 Å². The minimum Gasteiger partial charge on any atom is -0.294 e. The summed E-state index contributed by atoms with van der Waals surface area (Å²) in [5, 5.41) is 0.